The van der Waals surface area contributed by atoms with Crippen molar-refractivity contribution in [2.75, 3.05) is 0 Å². The number of hydrogen-bond acceptors (Lipinski definition) is 2. The minimum Gasteiger partial charge on any atom is -0.289 e. The van der Waals surface area contributed by atoms with Crippen molar-refractivity contribution in [1.29, 1.82) is 0 Å². The minimum absolute atomic E-state index is 0.117. The third-order valence-electron chi connectivity index (χ3n) is 3.57. The van der Waals surface area contributed by atoms with Crippen molar-refractivity contribution in [2.24, 2.45) is 0 Å². The van der Waals surface area contributed by atoms with E-state index in [4.69, 9.17) is 0 Å². The molecule has 0 atom stereocenters. The van der Waals surface area contributed by atoms with Gasteiger partial charge in [0, 0.05) is 16.7 Å². The highest BCUT2D eigenvalue weighted by Crippen LogP contribution is 2.20. The Kier molecular flexibility index (Phi) is 4.69. The molecule has 0 amide bonds. The largest absolute Gasteiger partial charge is 0.289 e. The van der Waals surface area contributed by atoms with Crippen LogP contribution < -0.4 is 0 Å². The summed E-state index contributed by atoms with van der Waals surface area (Å²) >= 11 is 0. The monoisotopic (exact) mass is 279 g/mol. The average Bonchev–Trinajstić information content (AvgIpc) is 2.47. The first kappa shape index (κ1) is 15.2. The third kappa shape index (κ3) is 3.27. The summed E-state index contributed by atoms with van der Waals surface area (Å²) in [4.78, 5) is 23.8. The summed E-state index contributed by atoms with van der Waals surface area (Å²) in [6, 6.07) is 11.2. The molecule has 0 aromatic heterocycles. The second-order valence-corrected chi connectivity index (χ2v) is 5.38. The molecule has 0 saturated heterocycles. The van der Waals surface area contributed by atoms with Crippen LogP contribution in [0.5, 0.6) is 0 Å². The van der Waals surface area contributed by atoms with Gasteiger partial charge in [0.05, 0.1) is 0 Å². The highest BCUT2D eigenvalue weighted by atomic mass is 16.1. The standard InChI is InChI=1S/C19H19O2/c1-4-5-15-6-8-16(9-7-15)19(21)18-14(3)10-13(2)11-17(18)12-20/h6-11H,4-5H2,1-3H3. The lowest BCUT2D eigenvalue weighted by Gasteiger charge is -2.10. The van der Waals surface area contributed by atoms with Gasteiger partial charge >= 0.3 is 0 Å². The van der Waals surface area contributed by atoms with E-state index in [1.165, 1.54) is 5.56 Å². The Morgan fingerprint density at radius 1 is 1.10 bits per heavy atom. The molecule has 21 heavy (non-hydrogen) atoms. The van der Waals surface area contributed by atoms with Crippen LogP contribution >= 0.6 is 0 Å². The molecule has 1 radical (unpaired) electrons. The summed E-state index contributed by atoms with van der Waals surface area (Å²) < 4.78 is 0. The minimum atomic E-state index is -0.117. The number of ketones is 1. The Hall–Kier alpha value is -2.22. The number of aryl methyl sites for hydroxylation is 3. The van der Waals surface area contributed by atoms with Crippen LogP contribution in [0.25, 0.3) is 0 Å². The number of carbonyl (C=O) groups excluding carboxylic acids is 2. The van der Waals surface area contributed by atoms with E-state index in [1.54, 1.807) is 6.07 Å². The van der Waals surface area contributed by atoms with E-state index in [9.17, 15) is 9.59 Å². The molecule has 0 spiro atoms. The van der Waals surface area contributed by atoms with Crippen molar-refractivity contribution in [3.8, 4) is 0 Å². The molecule has 0 bridgehead atoms. The normalized spacial score (nSPS) is 10.4. The number of benzene rings is 2. The zero-order chi connectivity index (χ0) is 15.4. The van der Waals surface area contributed by atoms with Crippen molar-refractivity contribution >= 4 is 12.1 Å². The molecular formula is C19H19O2. The van der Waals surface area contributed by atoms with Gasteiger partial charge in [-0.1, -0.05) is 49.2 Å². The molecule has 0 saturated carbocycles. The highest BCUT2D eigenvalue weighted by molar-refractivity contribution is 6.13. The molecule has 0 aliphatic rings. The van der Waals surface area contributed by atoms with Gasteiger partial charge in [0.25, 0.3) is 0 Å². The summed E-state index contributed by atoms with van der Waals surface area (Å²) in [6.45, 7) is 5.88. The van der Waals surface area contributed by atoms with Crippen molar-refractivity contribution in [2.45, 2.75) is 33.6 Å². The lowest BCUT2D eigenvalue weighted by Crippen LogP contribution is -2.08. The Labute approximate surface area is 125 Å². The van der Waals surface area contributed by atoms with E-state index in [-0.39, 0.29) is 5.78 Å². The van der Waals surface area contributed by atoms with Crippen molar-refractivity contribution in [3.05, 3.63) is 69.8 Å². The maximum Gasteiger partial charge on any atom is 0.234 e. The average molecular weight is 279 g/mol. The first-order valence-electron chi connectivity index (χ1n) is 7.19. The second kappa shape index (κ2) is 6.49. The summed E-state index contributed by atoms with van der Waals surface area (Å²) in [5, 5.41) is 0. The lowest BCUT2D eigenvalue weighted by atomic mass is 9.92. The number of hydrogen-bond donors (Lipinski definition) is 0. The summed E-state index contributed by atoms with van der Waals surface area (Å²) in [7, 11) is 0. The molecule has 0 fully saturated rings. The zero-order valence-electron chi connectivity index (χ0n) is 12.7. The Morgan fingerprint density at radius 3 is 2.33 bits per heavy atom. The first-order chi connectivity index (χ1) is 10.1. The second-order valence-electron chi connectivity index (χ2n) is 5.38. The summed E-state index contributed by atoms with van der Waals surface area (Å²) in [5.74, 6) is -0.117. The van der Waals surface area contributed by atoms with Gasteiger partial charge in [-0.3, -0.25) is 9.59 Å². The van der Waals surface area contributed by atoms with Crippen molar-refractivity contribution in [3.63, 3.8) is 0 Å². The fourth-order valence-electron chi connectivity index (χ4n) is 2.61. The zero-order valence-corrected chi connectivity index (χ0v) is 12.7. The van der Waals surface area contributed by atoms with Crippen LogP contribution in [0.15, 0.2) is 36.4 Å². The van der Waals surface area contributed by atoms with Gasteiger partial charge in [0.15, 0.2) is 5.78 Å². The molecule has 0 aliphatic carbocycles. The summed E-state index contributed by atoms with van der Waals surface area (Å²) in [6.07, 6.45) is 3.97. The van der Waals surface area contributed by atoms with Crippen molar-refractivity contribution < 1.29 is 9.59 Å². The van der Waals surface area contributed by atoms with Crippen LogP contribution in [0.2, 0.25) is 0 Å². The van der Waals surface area contributed by atoms with Crippen molar-refractivity contribution in [1.82, 2.24) is 0 Å². The first-order valence-corrected chi connectivity index (χ1v) is 7.19. The van der Waals surface area contributed by atoms with Crippen LogP contribution in [0, 0.1) is 13.8 Å². The van der Waals surface area contributed by atoms with E-state index in [2.05, 4.69) is 6.92 Å². The smallest absolute Gasteiger partial charge is 0.234 e. The fourth-order valence-corrected chi connectivity index (χ4v) is 2.61. The molecular weight excluding hydrogens is 260 g/mol. The van der Waals surface area contributed by atoms with E-state index < -0.39 is 0 Å². The third-order valence-corrected chi connectivity index (χ3v) is 3.57. The molecule has 2 aromatic carbocycles. The van der Waals surface area contributed by atoms with E-state index in [0.29, 0.717) is 16.7 Å². The van der Waals surface area contributed by atoms with Gasteiger partial charge in [-0.2, -0.15) is 0 Å². The van der Waals surface area contributed by atoms with E-state index >= 15 is 0 Å². The maximum absolute atomic E-state index is 12.6. The van der Waals surface area contributed by atoms with Crippen LogP contribution in [-0.4, -0.2) is 12.1 Å². The Bertz CT molecular complexity index is 667. The van der Waals surface area contributed by atoms with Gasteiger partial charge in [0.2, 0.25) is 6.29 Å². The highest BCUT2D eigenvalue weighted by Gasteiger charge is 2.17. The lowest BCUT2D eigenvalue weighted by molar-refractivity contribution is 0.103. The fraction of sp³-hybridized carbons (Fsp3) is 0.263. The van der Waals surface area contributed by atoms with Gasteiger partial charge in [0.1, 0.15) is 0 Å². The molecule has 0 aliphatic heterocycles. The SMILES string of the molecule is CCCc1ccc(C(=O)c2c(C)cc(C)cc2[C]=O)cc1. The molecule has 2 heteroatoms. The predicted molar refractivity (Wildman–Crippen MR) is 84.6 cm³/mol. The molecule has 107 valence electrons. The molecule has 2 nitrogen and oxygen atoms in total. The molecule has 2 rings (SSSR count). The predicted octanol–water partition coefficient (Wildman–Crippen LogP) is 3.94. The van der Waals surface area contributed by atoms with Gasteiger partial charge in [-0.25, -0.2) is 0 Å². The molecule has 0 heterocycles. The quantitative estimate of drug-likeness (QED) is 0.777. The van der Waals surface area contributed by atoms with Crippen LogP contribution in [0.4, 0.5) is 0 Å². The molecule has 0 unspecified atom stereocenters. The van der Waals surface area contributed by atoms with Gasteiger partial charge < -0.3 is 0 Å². The number of carbonyl (C=O) groups is 1. The topological polar surface area (TPSA) is 34.1 Å². The Balaban J connectivity index is 2.42. The van der Waals surface area contributed by atoms with Crippen LogP contribution in [0.3, 0.4) is 0 Å². The van der Waals surface area contributed by atoms with Gasteiger partial charge in [-0.05, 0) is 37.5 Å². The van der Waals surface area contributed by atoms with Gasteiger partial charge in [-0.15, -0.1) is 0 Å². The molecule has 2 aromatic rings. The Morgan fingerprint density at radius 2 is 1.76 bits per heavy atom. The maximum atomic E-state index is 12.6. The summed E-state index contributed by atoms with van der Waals surface area (Å²) in [5.41, 5.74) is 4.40. The van der Waals surface area contributed by atoms with E-state index in [1.807, 2.05) is 50.5 Å². The van der Waals surface area contributed by atoms with Crippen LogP contribution in [-0.2, 0) is 11.2 Å². The number of rotatable bonds is 5. The molecule has 0 N–H and O–H groups in total. The van der Waals surface area contributed by atoms with Crippen LogP contribution in [0.1, 0.15) is 51.5 Å². The van der Waals surface area contributed by atoms with E-state index in [0.717, 1.165) is 24.0 Å².